The van der Waals surface area contributed by atoms with Crippen molar-refractivity contribution in [3.8, 4) is 11.5 Å². The van der Waals surface area contributed by atoms with Crippen LogP contribution in [0.4, 0.5) is 5.69 Å². The molecule has 124 valence electrons. The van der Waals surface area contributed by atoms with E-state index < -0.39 is 0 Å². The average Bonchev–Trinajstić information content (AvgIpc) is 2.53. The summed E-state index contributed by atoms with van der Waals surface area (Å²) in [4.78, 5) is 0. The van der Waals surface area contributed by atoms with Gasteiger partial charge in [-0.2, -0.15) is 0 Å². The molecule has 3 nitrogen and oxygen atoms in total. The van der Waals surface area contributed by atoms with E-state index in [1.165, 1.54) is 0 Å². The van der Waals surface area contributed by atoms with Gasteiger partial charge in [0.1, 0.15) is 18.1 Å². The fraction of sp³-hybridized carbons (Fsp3) is 0.333. The van der Waals surface area contributed by atoms with Crippen LogP contribution in [0.25, 0.3) is 0 Å². The van der Waals surface area contributed by atoms with Gasteiger partial charge in [-0.05, 0) is 43.7 Å². The summed E-state index contributed by atoms with van der Waals surface area (Å²) < 4.78 is 11.4. The molecule has 0 amide bonds. The van der Waals surface area contributed by atoms with Gasteiger partial charge in [0.25, 0.3) is 0 Å². The standard InChI is InChI=1S/C18H21Cl2NO2/c1-3-13(2)23-16-6-4-5-15(12-16)21-9-10-22-18-8-7-14(19)11-17(18)20/h4-8,11-13,21H,3,9-10H2,1-2H3. The molecule has 0 fully saturated rings. The highest BCUT2D eigenvalue weighted by Crippen LogP contribution is 2.27. The van der Waals surface area contributed by atoms with E-state index in [9.17, 15) is 0 Å². The van der Waals surface area contributed by atoms with Crippen LogP contribution < -0.4 is 14.8 Å². The van der Waals surface area contributed by atoms with Gasteiger partial charge in [-0.3, -0.25) is 0 Å². The van der Waals surface area contributed by atoms with Crippen molar-refractivity contribution in [1.29, 1.82) is 0 Å². The fourth-order valence-electron chi connectivity index (χ4n) is 1.94. The Balaban J connectivity index is 1.81. The molecular formula is C18H21Cl2NO2. The second-order valence-corrected chi connectivity index (χ2v) is 6.06. The molecule has 2 rings (SSSR count). The molecule has 0 radical (unpaired) electrons. The zero-order valence-corrected chi connectivity index (χ0v) is 14.8. The third kappa shape index (κ3) is 5.85. The van der Waals surface area contributed by atoms with Crippen LogP contribution in [0.5, 0.6) is 11.5 Å². The molecule has 1 atom stereocenters. The Morgan fingerprint density at radius 3 is 2.70 bits per heavy atom. The molecule has 0 aliphatic rings. The summed E-state index contributed by atoms with van der Waals surface area (Å²) in [5.41, 5.74) is 0.997. The Morgan fingerprint density at radius 2 is 1.96 bits per heavy atom. The van der Waals surface area contributed by atoms with Crippen molar-refractivity contribution in [3.05, 3.63) is 52.5 Å². The summed E-state index contributed by atoms with van der Waals surface area (Å²) in [6, 6.07) is 13.1. The minimum atomic E-state index is 0.209. The molecule has 2 aromatic carbocycles. The molecule has 0 bridgehead atoms. The summed E-state index contributed by atoms with van der Waals surface area (Å²) in [6.07, 6.45) is 1.19. The van der Waals surface area contributed by atoms with Crippen molar-refractivity contribution in [2.75, 3.05) is 18.5 Å². The van der Waals surface area contributed by atoms with E-state index in [1.807, 2.05) is 24.3 Å². The molecule has 0 spiro atoms. The van der Waals surface area contributed by atoms with Gasteiger partial charge in [0, 0.05) is 23.3 Å². The minimum absolute atomic E-state index is 0.209. The summed E-state index contributed by atoms with van der Waals surface area (Å²) in [5, 5.41) is 4.41. The first-order chi connectivity index (χ1) is 11.1. The minimum Gasteiger partial charge on any atom is -0.491 e. The summed E-state index contributed by atoms with van der Waals surface area (Å²) in [7, 11) is 0. The highest BCUT2D eigenvalue weighted by atomic mass is 35.5. The topological polar surface area (TPSA) is 30.5 Å². The van der Waals surface area contributed by atoms with Crippen LogP contribution in [-0.4, -0.2) is 19.3 Å². The Kier molecular flexibility index (Phi) is 6.87. The third-order valence-electron chi connectivity index (χ3n) is 3.33. The molecule has 0 aliphatic carbocycles. The van der Waals surface area contributed by atoms with Gasteiger partial charge in [0.2, 0.25) is 0 Å². The number of hydrogen-bond donors (Lipinski definition) is 1. The van der Waals surface area contributed by atoms with Gasteiger partial charge in [-0.1, -0.05) is 36.2 Å². The number of hydrogen-bond acceptors (Lipinski definition) is 3. The molecule has 23 heavy (non-hydrogen) atoms. The van der Waals surface area contributed by atoms with Crippen LogP contribution in [0.3, 0.4) is 0 Å². The van der Waals surface area contributed by atoms with Crippen LogP contribution in [0.2, 0.25) is 10.0 Å². The Hall–Kier alpha value is -1.58. The lowest BCUT2D eigenvalue weighted by atomic mass is 10.2. The van der Waals surface area contributed by atoms with Crippen LogP contribution in [-0.2, 0) is 0 Å². The van der Waals surface area contributed by atoms with E-state index in [2.05, 4.69) is 19.2 Å². The fourth-order valence-corrected chi connectivity index (χ4v) is 2.41. The molecular weight excluding hydrogens is 333 g/mol. The van der Waals surface area contributed by atoms with Gasteiger partial charge in [-0.25, -0.2) is 0 Å². The molecule has 1 N–H and O–H groups in total. The van der Waals surface area contributed by atoms with Gasteiger partial charge in [-0.15, -0.1) is 0 Å². The first-order valence-corrected chi connectivity index (χ1v) is 8.42. The predicted molar refractivity (Wildman–Crippen MR) is 97.3 cm³/mol. The number of rotatable bonds is 8. The maximum atomic E-state index is 6.06. The third-order valence-corrected chi connectivity index (χ3v) is 3.86. The van der Waals surface area contributed by atoms with Crippen molar-refractivity contribution in [2.24, 2.45) is 0 Å². The molecule has 2 aromatic rings. The van der Waals surface area contributed by atoms with Gasteiger partial charge < -0.3 is 14.8 Å². The second-order valence-electron chi connectivity index (χ2n) is 5.21. The Bertz CT molecular complexity index is 634. The van der Waals surface area contributed by atoms with E-state index in [0.29, 0.717) is 28.9 Å². The lowest BCUT2D eigenvalue weighted by Gasteiger charge is -2.14. The summed E-state index contributed by atoms with van der Waals surface area (Å²) in [6.45, 7) is 5.32. The number of halogens is 2. The average molecular weight is 354 g/mol. The molecule has 1 unspecified atom stereocenters. The maximum Gasteiger partial charge on any atom is 0.138 e. The molecule has 5 heteroatoms. The van der Waals surface area contributed by atoms with E-state index in [1.54, 1.807) is 18.2 Å². The Morgan fingerprint density at radius 1 is 1.13 bits per heavy atom. The predicted octanol–water partition coefficient (Wildman–Crippen LogP) is 5.66. The van der Waals surface area contributed by atoms with E-state index in [-0.39, 0.29) is 6.10 Å². The van der Waals surface area contributed by atoms with Crippen molar-refractivity contribution in [3.63, 3.8) is 0 Å². The van der Waals surface area contributed by atoms with Crippen molar-refractivity contribution < 1.29 is 9.47 Å². The zero-order valence-electron chi connectivity index (χ0n) is 13.3. The van der Waals surface area contributed by atoms with Gasteiger partial charge in [0.05, 0.1) is 11.1 Å². The first kappa shape index (κ1) is 17.8. The molecule has 0 heterocycles. The van der Waals surface area contributed by atoms with E-state index in [0.717, 1.165) is 17.9 Å². The lowest BCUT2D eigenvalue weighted by molar-refractivity contribution is 0.217. The highest BCUT2D eigenvalue weighted by Gasteiger charge is 2.03. The summed E-state index contributed by atoms with van der Waals surface area (Å²) >= 11 is 11.9. The molecule has 0 aliphatic heterocycles. The highest BCUT2D eigenvalue weighted by molar-refractivity contribution is 6.35. The number of ether oxygens (including phenoxy) is 2. The lowest BCUT2D eigenvalue weighted by Crippen LogP contribution is -2.12. The first-order valence-electron chi connectivity index (χ1n) is 7.67. The molecule has 0 saturated heterocycles. The van der Waals surface area contributed by atoms with Gasteiger partial charge >= 0.3 is 0 Å². The number of nitrogens with one attached hydrogen (secondary N) is 1. The van der Waals surface area contributed by atoms with E-state index >= 15 is 0 Å². The second kappa shape index (κ2) is 8.90. The van der Waals surface area contributed by atoms with Crippen LogP contribution in [0.15, 0.2) is 42.5 Å². The van der Waals surface area contributed by atoms with Crippen LogP contribution >= 0.6 is 23.2 Å². The van der Waals surface area contributed by atoms with Crippen molar-refractivity contribution >= 4 is 28.9 Å². The number of benzene rings is 2. The molecule has 0 saturated carbocycles. The van der Waals surface area contributed by atoms with Crippen molar-refractivity contribution in [1.82, 2.24) is 0 Å². The Labute approximate surface area is 147 Å². The number of anilines is 1. The van der Waals surface area contributed by atoms with E-state index in [4.69, 9.17) is 32.7 Å². The van der Waals surface area contributed by atoms with Gasteiger partial charge in [0.15, 0.2) is 0 Å². The van der Waals surface area contributed by atoms with Crippen LogP contribution in [0, 0.1) is 0 Å². The monoisotopic (exact) mass is 353 g/mol. The van der Waals surface area contributed by atoms with Crippen molar-refractivity contribution in [2.45, 2.75) is 26.4 Å². The largest absolute Gasteiger partial charge is 0.491 e. The molecule has 0 aromatic heterocycles. The normalized spacial score (nSPS) is 11.8. The maximum absolute atomic E-state index is 6.06. The van der Waals surface area contributed by atoms with Crippen LogP contribution in [0.1, 0.15) is 20.3 Å². The quantitative estimate of drug-likeness (QED) is 0.621. The summed E-state index contributed by atoms with van der Waals surface area (Å²) in [5.74, 6) is 1.50. The SMILES string of the molecule is CCC(C)Oc1cccc(NCCOc2ccc(Cl)cc2Cl)c1. The smallest absolute Gasteiger partial charge is 0.138 e. The zero-order chi connectivity index (χ0) is 16.7.